The van der Waals surface area contributed by atoms with E-state index >= 15 is 0 Å². The Hall–Kier alpha value is -3.29. The first kappa shape index (κ1) is 24.8. The molecule has 2 aliphatic rings. The number of nitrogens with zero attached hydrogens (tertiary/aromatic N) is 1. The van der Waals surface area contributed by atoms with E-state index in [2.05, 4.69) is 5.32 Å². The SMILES string of the molecule is CC(C)(C)OC(=O)N1CC[C@@H](c2ccc(OCCF)cc2)C(COc2ccc3c(c2)C(=O)NC3)C1. The molecule has 0 saturated carbocycles. The molecular formula is C27H33FN2O5. The van der Waals surface area contributed by atoms with E-state index in [1.165, 1.54) is 0 Å². The summed E-state index contributed by atoms with van der Waals surface area (Å²) >= 11 is 0. The van der Waals surface area contributed by atoms with Crippen LogP contribution in [0.25, 0.3) is 0 Å². The van der Waals surface area contributed by atoms with Gasteiger partial charge in [0.2, 0.25) is 0 Å². The van der Waals surface area contributed by atoms with Gasteiger partial charge < -0.3 is 24.4 Å². The van der Waals surface area contributed by atoms with Crippen LogP contribution in [0, 0.1) is 5.92 Å². The Labute approximate surface area is 205 Å². The molecule has 0 aromatic heterocycles. The Balaban J connectivity index is 1.49. The first-order valence-electron chi connectivity index (χ1n) is 12.0. The highest BCUT2D eigenvalue weighted by Gasteiger charge is 2.35. The number of halogens is 1. The van der Waals surface area contributed by atoms with Gasteiger partial charge in [0.25, 0.3) is 5.91 Å². The quantitative estimate of drug-likeness (QED) is 0.617. The Morgan fingerprint density at radius 2 is 1.86 bits per heavy atom. The number of nitrogens with one attached hydrogen (secondary N) is 1. The third kappa shape index (κ3) is 6.24. The fourth-order valence-electron chi connectivity index (χ4n) is 4.58. The summed E-state index contributed by atoms with van der Waals surface area (Å²) in [5.74, 6) is 1.33. The van der Waals surface area contributed by atoms with Gasteiger partial charge in [-0.3, -0.25) is 4.79 Å². The van der Waals surface area contributed by atoms with Crippen molar-refractivity contribution in [2.24, 2.45) is 5.92 Å². The smallest absolute Gasteiger partial charge is 0.410 e. The number of likely N-dealkylation sites (tertiary alicyclic amines) is 1. The molecule has 188 valence electrons. The zero-order valence-electron chi connectivity index (χ0n) is 20.5. The van der Waals surface area contributed by atoms with Crippen molar-refractivity contribution in [3.05, 3.63) is 59.2 Å². The number of hydrogen-bond acceptors (Lipinski definition) is 5. The summed E-state index contributed by atoms with van der Waals surface area (Å²) in [6, 6.07) is 13.2. The third-order valence-corrected chi connectivity index (χ3v) is 6.27. The van der Waals surface area contributed by atoms with E-state index in [-0.39, 0.29) is 30.4 Å². The minimum absolute atomic E-state index is 0.0101. The summed E-state index contributed by atoms with van der Waals surface area (Å²) in [6.07, 6.45) is 0.426. The minimum atomic E-state index is -0.569. The molecule has 0 radical (unpaired) electrons. The summed E-state index contributed by atoms with van der Waals surface area (Å²) in [5, 5.41) is 2.82. The number of fused-ring (bicyclic) bond motifs is 1. The molecule has 0 bridgehead atoms. The van der Waals surface area contributed by atoms with Crippen LogP contribution in [0.15, 0.2) is 42.5 Å². The van der Waals surface area contributed by atoms with E-state index in [9.17, 15) is 14.0 Å². The maximum absolute atomic E-state index is 12.8. The summed E-state index contributed by atoms with van der Waals surface area (Å²) in [7, 11) is 0. The number of amides is 2. The van der Waals surface area contributed by atoms with Crippen LogP contribution in [0.5, 0.6) is 11.5 Å². The van der Waals surface area contributed by atoms with Gasteiger partial charge in [0.1, 0.15) is 30.4 Å². The van der Waals surface area contributed by atoms with Crippen molar-refractivity contribution in [1.82, 2.24) is 10.2 Å². The third-order valence-electron chi connectivity index (χ3n) is 6.27. The van der Waals surface area contributed by atoms with E-state index < -0.39 is 12.3 Å². The van der Waals surface area contributed by atoms with Crippen molar-refractivity contribution in [3.8, 4) is 11.5 Å². The van der Waals surface area contributed by atoms with E-state index in [4.69, 9.17) is 14.2 Å². The highest BCUT2D eigenvalue weighted by molar-refractivity contribution is 5.98. The highest BCUT2D eigenvalue weighted by Crippen LogP contribution is 2.35. The van der Waals surface area contributed by atoms with E-state index in [1.54, 1.807) is 11.0 Å². The van der Waals surface area contributed by atoms with Crippen molar-refractivity contribution in [1.29, 1.82) is 0 Å². The Morgan fingerprint density at radius 1 is 1.11 bits per heavy atom. The maximum atomic E-state index is 12.8. The van der Waals surface area contributed by atoms with Crippen molar-refractivity contribution in [3.63, 3.8) is 0 Å². The van der Waals surface area contributed by atoms with Gasteiger partial charge in [-0.15, -0.1) is 0 Å². The average Bonchev–Trinajstić information content (AvgIpc) is 3.20. The minimum Gasteiger partial charge on any atom is -0.493 e. The predicted molar refractivity (Wildman–Crippen MR) is 130 cm³/mol. The summed E-state index contributed by atoms with van der Waals surface area (Å²) in [6.45, 7) is 7.05. The molecule has 2 heterocycles. The molecule has 7 nitrogen and oxygen atoms in total. The monoisotopic (exact) mass is 484 g/mol. The zero-order chi connectivity index (χ0) is 25.0. The molecule has 2 atom stereocenters. The number of alkyl halides is 1. The van der Waals surface area contributed by atoms with Crippen LogP contribution in [0.3, 0.4) is 0 Å². The van der Waals surface area contributed by atoms with Gasteiger partial charge in [0.15, 0.2) is 0 Å². The number of carbonyl (C=O) groups is 2. The Morgan fingerprint density at radius 3 is 2.57 bits per heavy atom. The van der Waals surface area contributed by atoms with Crippen LogP contribution in [-0.4, -0.2) is 55.5 Å². The van der Waals surface area contributed by atoms with Crippen LogP contribution in [-0.2, 0) is 11.3 Å². The largest absolute Gasteiger partial charge is 0.493 e. The van der Waals surface area contributed by atoms with E-state index in [0.717, 1.165) is 17.5 Å². The molecule has 1 N–H and O–H groups in total. The Kier molecular flexibility index (Phi) is 7.48. The first-order chi connectivity index (χ1) is 16.7. The molecule has 0 aliphatic carbocycles. The molecule has 8 heteroatoms. The predicted octanol–water partition coefficient (Wildman–Crippen LogP) is 4.70. The molecule has 4 rings (SSSR count). The molecule has 1 saturated heterocycles. The van der Waals surface area contributed by atoms with Gasteiger partial charge >= 0.3 is 6.09 Å². The zero-order valence-corrected chi connectivity index (χ0v) is 20.5. The molecule has 1 unspecified atom stereocenters. The van der Waals surface area contributed by atoms with Gasteiger partial charge in [-0.2, -0.15) is 0 Å². The molecule has 2 aromatic carbocycles. The van der Waals surface area contributed by atoms with Crippen molar-refractivity contribution in [2.45, 2.75) is 45.3 Å². The highest BCUT2D eigenvalue weighted by atomic mass is 19.1. The lowest BCUT2D eigenvalue weighted by molar-refractivity contribution is 0.0111. The fraction of sp³-hybridized carbons (Fsp3) is 0.481. The van der Waals surface area contributed by atoms with Crippen molar-refractivity contribution < 1.29 is 28.2 Å². The van der Waals surface area contributed by atoms with Gasteiger partial charge in [-0.25, -0.2) is 9.18 Å². The number of carbonyl (C=O) groups excluding carboxylic acids is 2. The summed E-state index contributed by atoms with van der Waals surface area (Å²) in [5.41, 5.74) is 2.15. The average molecular weight is 485 g/mol. The lowest BCUT2D eigenvalue weighted by Gasteiger charge is -2.39. The number of benzene rings is 2. The van der Waals surface area contributed by atoms with Crippen molar-refractivity contribution in [2.75, 3.05) is 33.0 Å². The number of rotatable bonds is 7. The lowest BCUT2D eigenvalue weighted by Crippen LogP contribution is -2.46. The second-order valence-corrected chi connectivity index (χ2v) is 10.0. The molecule has 35 heavy (non-hydrogen) atoms. The number of ether oxygens (including phenoxy) is 3. The molecule has 2 aromatic rings. The normalized spacial score (nSPS) is 19.7. The topological polar surface area (TPSA) is 77.1 Å². The maximum Gasteiger partial charge on any atom is 0.410 e. The van der Waals surface area contributed by atoms with Crippen LogP contribution in [0.1, 0.15) is 54.6 Å². The van der Waals surface area contributed by atoms with Crippen molar-refractivity contribution >= 4 is 12.0 Å². The van der Waals surface area contributed by atoms with Crippen LogP contribution < -0.4 is 14.8 Å². The lowest BCUT2D eigenvalue weighted by atomic mass is 9.81. The first-order valence-corrected chi connectivity index (χ1v) is 12.0. The fourth-order valence-corrected chi connectivity index (χ4v) is 4.58. The van der Waals surface area contributed by atoms with Gasteiger partial charge in [-0.05, 0) is 68.5 Å². The second-order valence-electron chi connectivity index (χ2n) is 10.0. The summed E-state index contributed by atoms with van der Waals surface area (Å²) < 4.78 is 29.5. The summed E-state index contributed by atoms with van der Waals surface area (Å²) in [4.78, 5) is 26.5. The molecule has 2 aliphatic heterocycles. The number of piperidine rings is 1. The van der Waals surface area contributed by atoms with Gasteiger partial charge in [0.05, 0.1) is 6.61 Å². The molecule has 0 spiro atoms. The van der Waals surface area contributed by atoms with Gasteiger partial charge in [0, 0.05) is 31.1 Å². The van der Waals surface area contributed by atoms with Crippen LogP contribution in [0.4, 0.5) is 9.18 Å². The van der Waals surface area contributed by atoms with Crippen LogP contribution >= 0.6 is 0 Å². The Bertz CT molecular complexity index is 1050. The molecule has 1 fully saturated rings. The van der Waals surface area contributed by atoms with E-state index in [0.29, 0.717) is 43.3 Å². The molecule has 2 amide bonds. The van der Waals surface area contributed by atoms with Gasteiger partial charge in [-0.1, -0.05) is 18.2 Å². The van der Waals surface area contributed by atoms with Crippen LogP contribution in [0.2, 0.25) is 0 Å². The standard InChI is InChI=1S/C27H33FN2O5/c1-27(2,3)35-26(32)30-12-10-23(18-4-7-21(8-5-18)33-13-11-28)20(16-30)17-34-22-9-6-19-15-29-25(31)24(19)14-22/h4-9,14,20,23H,10-13,15-17H2,1-3H3,(H,29,31)/t20?,23-/m0/s1. The second kappa shape index (κ2) is 10.5. The van der Waals surface area contributed by atoms with E-state index in [1.807, 2.05) is 57.2 Å². The number of hydrogen-bond donors (Lipinski definition) is 1. The molecular weight excluding hydrogens is 451 g/mol.